The van der Waals surface area contributed by atoms with Gasteiger partial charge in [-0.25, -0.2) is 0 Å². The Morgan fingerprint density at radius 2 is 1.78 bits per heavy atom. The molecule has 1 amide bonds. The number of hydrogen-bond donors (Lipinski definition) is 1. The van der Waals surface area contributed by atoms with E-state index < -0.39 is 0 Å². The fourth-order valence-corrected chi connectivity index (χ4v) is 3.55. The Hall–Kier alpha value is -3.14. The van der Waals surface area contributed by atoms with E-state index in [0.717, 1.165) is 30.8 Å². The zero-order chi connectivity index (χ0) is 18.6. The molecular formula is C23H23N3O. The van der Waals surface area contributed by atoms with Crippen LogP contribution in [0.25, 0.3) is 0 Å². The van der Waals surface area contributed by atoms with Gasteiger partial charge >= 0.3 is 0 Å². The van der Waals surface area contributed by atoms with Crippen LogP contribution >= 0.6 is 0 Å². The third kappa shape index (κ3) is 3.85. The van der Waals surface area contributed by atoms with Crippen molar-refractivity contribution >= 4 is 11.6 Å². The quantitative estimate of drug-likeness (QED) is 0.763. The molecule has 0 radical (unpaired) electrons. The maximum Gasteiger partial charge on any atom is 0.270 e. The molecule has 0 fully saturated rings. The summed E-state index contributed by atoms with van der Waals surface area (Å²) in [5.41, 5.74) is 5.34. The van der Waals surface area contributed by atoms with Crippen molar-refractivity contribution in [1.82, 2.24) is 10.3 Å². The van der Waals surface area contributed by atoms with Crippen LogP contribution < -0.4 is 10.2 Å². The number of fused-ring (bicyclic) bond motifs is 1. The Labute approximate surface area is 159 Å². The van der Waals surface area contributed by atoms with Crippen molar-refractivity contribution < 1.29 is 4.79 Å². The highest BCUT2D eigenvalue weighted by Crippen LogP contribution is 2.24. The third-order valence-electron chi connectivity index (χ3n) is 5.12. The standard InChI is InChI=1S/C23H23N3O/c1-17(18-7-3-2-4-8-18)25-23(27)22-15-21(11-13-24-22)26-14-12-19-9-5-6-10-20(19)16-26/h2-11,13,15,17H,12,14,16H2,1H3,(H,25,27). The van der Waals surface area contributed by atoms with Gasteiger partial charge in [-0.2, -0.15) is 0 Å². The Kier molecular flexibility index (Phi) is 4.88. The van der Waals surface area contributed by atoms with E-state index in [2.05, 4.69) is 39.5 Å². The Morgan fingerprint density at radius 3 is 2.59 bits per heavy atom. The number of anilines is 1. The van der Waals surface area contributed by atoms with E-state index in [1.165, 1.54) is 11.1 Å². The molecule has 1 N–H and O–H groups in total. The van der Waals surface area contributed by atoms with Crippen LogP contribution in [0.4, 0.5) is 5.69 Å². The van der Waals surface area contributed by atoms with Gasteiger partial charge in [0.25, 0.3) is 5.91 Å². The summed E-state index contributed by atoms with van der Waals surface area (Å²) in [4.78, 5) is 19.3. The van der Waals surface area contributed by atoms with Gasteiger partial charge in [0.05, 0.1) is 6.04 Å². The Morgan fingerprint density at radius 1 is 1.04 bits per heavy atom. The van der Waals surface area contributed by atoms with E-state index in [1.54, 1.807) is 6.20 Å². The molecule has 0 aliphatic carbocycles. The summed E-state index contributed by atoms with van der Waals surface area (Å²) in [5, 5.41) is 3.04. The first kappa shape index (κ1) is 17.3. The van der Waals surface area contributed by atoms with E-state index in [1.807, 2.05) is 49.4 Å². The molecule has 1 aliphatic rings. The number of benzene rings is 2. The van der Waals surface area contributed by atoms with Crippen molar-refractivity contribution in [2.45, 2.75) is 25.9 Å². The number of hydrogen-bond acceptors (Lipinski definition) is 3. The number of pyridine rings is 1. The molecule has 0 saturated carbocycles. The van der Waals surface area contributed by atoms with Crippen LogP contribution in [-0.2, 0) is 13.0 Å². The number of carbonyl (C=O) groups excluding carboxylic acids is 1. The molecule has 0 spiro atoms. The molecule has 4 heteroatoms. The van der Waals surface area contributed by atoms with Gasteiger partial charge in [-0.3, -0.25) is 9.78 Å². The van der Waals surface area contributed by atoms with Crippen molar-refractivity contribution in [1.29, 1.82) is 0 Å². The van der Waals surface area contributed by atoms with Crippen LogP contribution in [0.1, 0.15) is 40.1 Å². The smallest absolute Gasteiger partial charge is 0.270 e. The van der Waals surface area contributed by atoms with Gasteiger partial charge in [-0.1, -0.05) is 54.6 Å². The third-order valence-corrected chi connectivity index (χ3v) is 5.12. The van der Waals surface area contributed by atoms with Gasteiger partial charge in [0.1, 0.15) is 5.69 Å². The number of carbonyl (C=O) groups is 1. The number of nitrogens with one attached hydrogen (secondary N) is 1. The molecule has 0 saturated heterocycles. The summed E-state index contributed by atoms with van der Waals surface area (Å²) >= 11 is 0. The van der Waals surface area contributed by atoms with Crippen LogP contribution in [0.3, 0.4) is 0 Å². The van der Waals surface area contributed by atoms with Crippen LogP contribution in [0.5, 0.6) is 0 Å². The van der Waals surface area contributed by atoms with Crippen LogP contribution in [0.2, 0.25) is 0 Å². The maximum atomic E-state index is 12.7. The molecule has 1 unspecified atom stereocenters. The average molecular weight is 357 g/mol. The average Bonchev–Trinajstić information content (AvgIpc) is 2.74. The van der Waals surface area contributed by atoms with Gasteiger partial charge in [-0.05, 0) is 42.2 Å². The summed E-state index contributed by atoms with van der Waals surface area (Å²) in [6.07, 6.45) is 2.74. The normalized spacial score (nSPS) is 14.3. The lowest BCUT2D eigenvalue weighted by atomic mass is 9.99. The van der Waals surface area contributed by atoms with Gasteiger partial charge in [0.15, 0.2) is 0 Å². The van der Waals surface area contributed by atoms with Crippen molar-refractivity contribution in [3.05, 3.63) is 95.3 Å². The van der Waals surface area contributed by atoms with Gasteiger partial charge in [0, 0.05) is 25.0 Å². The van der Waals surface area contributed by atoms with E-state index in [-0.39, 0.29) is 11.9 Å². The SMILES string of the molecule is CC(NC(=O)c1cc(N2CCc3ccccc3C2)ccn1)c1ccccc1. The second-order valence-corrected chi connectivity index (χ2v) is 6.95. The molecule has 27 heavy (non-hydrogen) atoms. The van der Waals surface area contributed by atoms with Gasteiger partial charge in [0.2, 0.25) is 0 Å². The molecular weight excluding hydrogens is 334 g/mol. The molecule has 4 nitrogen and oxygen atoms in total. The molecule has 3 aromatic rings. The van der Waals surface area contributed by atoms with Crippen molar-refractivity contribution in [3.63, 3.8) is 0 Å². The van der Waals surface area contributed by atoms with Crippen LogP contribution in [0, 0.1) is 0 Å². The molecule has 1 atom stereocenters. The summed E-state index contributed by atoms with van der Waals surface area (Å²) in [6.45, 7) is 3.79. The summed E-state index contributed by atoms with van der Waals surface area (Å²) in [5.74, 6) is -0.148. The zero-order valence-electron chi connectivity index (χ0n) is 15.4. The van der Waals surface area contributed by atoms with Crippen LogP contribution in [-0.4, -0.2) is 17.4 Å². The fourth-order valence-electron chi connectivity index (χ4n) is 3.55. The molecule has 1 aromatic heterocycles. The lowest BCUT2D eigenvalue weighted by Gasteiger charge is -2.30. The van der Waals surface area contributed by atoms with E-state index in [0.29, 0.717) is 5.69 Å². The van der Waals surface area contributed by atoms with Crippen molar-refractivity contribution in [3.8, 4) is 0 Å². The number of aromatic nitrogens is 1. The lowest BCUT2D eigenvalue weighted by Crippen LogP contribution is -2.31. The maximum absolute atomic E-state index is 12.7. The van der Waals surface area contributed by atoms with Crippen LogP contribution in [0.15, 0.2) is 72.9 Å². The van der Waals surface area contributed by atoms with E-state index in [4.69, 9.17) is 0 Å². The highest BCUT2D eigenvalue weighted by atomic mass is 16.1. The molecule has 4 rings (SSSR count). The topological polar surface area (TPSA) is 45.2 Å². The highest BCUT2D eigenvalue weighted by Gasteiger charge is 2.18. The summed E-state index contributed by atoms with van der Waals surface area (Å²) < 4.78 is 0. The van der Waals surface area contributed by atoms with Gasteiger partial charge in [-0.15, -0.1) is 0 Å². The monoisotopic (exact) mass is 357 g/mol. The predicted octanol–water partition coefficient (Wildman–Crippen LogP) is 4.14. The minimum Gasteiger partial charge on any atom is -0.367 e. The van der Waals surface area contributed by atoms with Crippen molar-refractivity contribution in [2.24, 2.45) is 0 Å². The largest absolute Gasteiger partial charge is 0.367 e. The number of amides is 1. The minimum atomic E-state index is -0.148. The molecule has 0 bridgehead atoms. The number of rotatable bonds is 4. The highest BCUT2D eigenvalue weighted by molar-refractivity contribution is 5.93. The minimum absolute atomic E-state index is 0.0639. The predicted molar refractivity (Wildman–Crippen MR) is 108 cm³/mol. The summed E-state index contributed by atoms with van der Waals surface area (Å²) in [7, 11) is 0. The second kappa shape index (κ2) is 7.62. The fraction of sp³-hybridized carbons (Fsp3) is 0.217. The molecule has 1 aliphatic heterocycles. The number of nitrogens with zero attached hydrogens (tertiary/aromatic N) is 2. The molecule has 2 heterocycles. The van der Waals surface area contributed by atoms with Crippen molar-refractivity contribution in [2.75, 3.05) is 11.4 Å². The first-order valence-electron chi connectivity index (χ1n) is 9.34. The Bertz CT molecular complexity index is 939. The molecule has 2 aromatic carbocycles. The van der Waals surface area contributed by atoms with E-state index >= 15 is 0 Å². The lowest BCUT2D eigenvalue weighted by molar-refractivity contribution is 0.0935. The first-order chi connectivity index (χ1) is 13.2. The summed E-state index contributed by atoms with van der Waals surface area (Å²) in [6, 6.07) is 22.3. The zero-order valence-corrected chi connectivity index (χ0v) is 15.4. The first-order valence-corrected chi connectivity index (χ1v) is 9.34. The molecule has 136 valence electrons. The van der Waals surface area contributed by atoms with Gasteiger partial charge < -0.3 is 10.2 Å². The second-order valence-electron chi connectivity index (χ2n) is 6.95. The Balaban J connectivity index is 1.49. The van der Waals surface area contributed by atoms with E-state index in [9.17, 15) is 4.79 Å².